The van der Waals surface area contributed by atoms with Crippen molar-refractivity contribution in [3.8, 4) is 0 Å². The number of amides is 2. The molecule has 2 N–H and O–H groups in total. The Morgan fingerprint density at radius 1 is 1.04 bits per heavy atom. The molecule has 0 aromatic carbocycles. The Bertz CT molecular complexity index is 1310. The highest BCUT2D eigenvalue weighted by Crippen LogP contribution is 2.52. The topological polar surface area (TPSA) is 133 Å². The number of rotatable bonds is 17. The molecule has 3 aliphatic rings. The van der Waals surface area contributed by atoms with Crippen molar-refractivity contribution in [3.05, 3.63) is 5.82 Å². The van der Waals surface area contributed by atoms with Gasteiger partial charge in [-0.15, -0.1) is 21.7 Å². The molecule has 268 valence electrons. The van der Waals surface area contributed by atoms with E-state index < -0.39 is 20.1 Å². The van der Waals surface area contributed by atoms with Gasteiger partial charge in [-0.2, -0.15) is 10.1 Å². The van der Waals surface area contributed by atoms with Gasteiger partial charge in [-0.25, -0.2) is 13.2 Å². The first kappa shape index (κ1) is 38.1. The Hall–Kier alpha value is -1.70. The van der Waals surface area contributed by atoms with Gasteiger partial charge in [0.1, 0.15) is 0 Å². The number of carbonyl (C=O) groups is 1. The number of carbonyl (C=O) groups excluding carboxylic acids is 1. The zero-order valence-electron chi connectivity index (χ0n) is 29.8. The molecule has 0 radical (unpaired) electrons. The lowest BCUT2D eigenvalue weighted by Crippen LogP contribution is -2.62. The smallest absolute Gasteiger partial charge is 0.319 e. The van der Waals surface area contributed by atoms with Crippen LogP contribution in [0.2, 0.25) is 0 Å². The minimum absolute atomic E-state index is 0.00988. The Kier molecular flexibility index (Phi) is 13.6. The number of nitrogens with one attached hydrogen (secondary N) is 1. The third-order valence-electron chi connectivity index (χ3n) is 10.1. The summed E-state index contributed by atoms with van der Waals surface area (Å²) in [4.78, 5) is 23.5. The number of urea groups is 1. The van der Waals surface area contributed by atoms with Crippen molar-refractivity contribution in [1.29, 1.82) is 0 Å². The third-order valence-corrected chi connectivity index (χ3v) is 13.1. The normalized spacial score (nSPS) is 25.3. The first-order valence-electron chi connectivity index (χ1n) is 18.3. The van der Waals surface area contributed by atoms with Crippen LogP contribution in [0.1, 0.15) is 131 Å². The van der Waals surface area contributed by atoms with Gasteiger partial charge in [0, 0.05) is 36.3 Å². The Balaban J connectivity index is 1.56. The molecule has 3 heterocycles. The highest BCUT2D eigenvalue weighted by atomic mass is 32.2. The summed E-state index contributed by atoms with van der Waals surface area (Å²) >= 11 is 1.61. The average molecular weight is 696 g/mol. The van der Waals surface area contributed by atoms with E-state index in [1.807, 2.05) is 4.90 Å². The van der Waals surface area contributed by atoms with Crippen LogP contribution in [0.3, 0.4) is 0 Å². The second kappa shape index (κ2) is 16.8. The second-order valence-electron chi connectivity index (χ2n) is 14.8. The summed E-state index contributed by atoms with van der Waals surface area (Å²) in [6, 6.07) is 0.0610. The monoisotopic (exact) mass is 695 g/mol. The number of hydrogen-bond donors (Lipinski definition) is 2. The molecule has 0 bridgehead atoms. The fourth-order valence-electron chi connectivity index (χ4n) is 7.68. The van der Waals surface area contributed by atoms with E-state index >= 15 is 0 Å². The Morgan fingerprint density at radius 3 is 2.30 bits per heavy atom. The van der Waals surface area contributed by atoms with Crippen molar-refractivity contribution in [3.63, 3.8) is 0 Å². The number of unbranched alkanes of at least 4 members (excludes halogenated alkanes) is 9. The van der Waals surface area contributed by atoms with Gasteiger partial charge in [-0.1, -0.05) is 99.3 Å². The van der Waals surface area contributed by atoms with Gasteiger partial charge < -0.3 is 10.4 Å². The number of aliphatic hydroxyl groups excluding tert-OH is 1. The fraction of sp³-hybridized carbons (Fsp3) is 0.882. The van der Waals surface area contributed by atoms with Crippen LogP contribution in [0.25, 0.3) is 0 Å². The minimum atomic E-state index is -3.72. The fourth-order valence-corrected chi connectivity index (χ4v) is 10.5. The van der Waals surface area contributed by atoms with E-state index in [0.717, 1.165) is 50.8 Å². The van der Waals surface area contributed by atoms with E-state index in [1.165, 1.54) is 43.3 Å². The van der Waals surface area contributed by atoms with Crippen molar-refractivity contribution in [1.82, 2.24) is 30.0 Å². The number of aromatic nitrogens is 3. The summed E-state index contributed by atoms with van der Waals surface area (Å²) in [7, 11) is -3.72. The van der Waals surface area contributed by atoms with E-state index in [2.05, 4.69) is 56.9 Å². The quantitative estimate of drug-likeness (QED) is 0.189. The van der Waals surface area contributed by atoms with E-state index in [9.17, 15) is 18.3 Å². The van der Waals surface area contributed by atoms with Crippen LogP contribution in [0.15, 0.2) is 10.3 Å². The van der Waals surface area contributed by atoms with Crippen LogP contribution in [0.4, 0.5) is 4.79 Å². The summed E-state index contributed by atoms with van der Waals surface area (Å²) < 4.78 is 27.1. The molecular formula is C34H61N7O4S2. The van der Waals surface area contributed by atoms with Gasteiger partial charge in [-0.3, -0.25) is 9.80 Å². The number of aliphatic hydroxyl groups is 1. The maximum absolute atomic E-state index is 14.1. The van der Waals surface area contributed by atoms with E-state index in [1.54, 1.807) is 11.8 Å². The van der Waals surface area contributed by atoms with Crippen molar-refractivity contribution in [2.45, 2.75) is 147 Å². The average Bonchev–Trinajstić information content (AvgIpc) is 3.54. The number of hydrogen-bond acceptors (Lipinski definition) is 9. The van der Waals surface area contributed by atoms with Crippen LogP contribution in [-0.4, -0.2) is 99.8 Å². The van der Waals surface area contributed by atoms with E-state index in [4.69, 9.17) is 10.1 Å². The van der Waals surface area contributed by atoms with Gasteiger partial charge in [-0.05, 0) is 38.1 Å². The number of likely N-dealkylation sites (N-methyl/N-ethyl adjacent to an activating group) is 1. The predicted molar refractivity (Wildman–Crippen MR) is 191 cm³/mol. The molecule has 1 aromatic heterocycles. The third kappa shape index (κ3) is 8.73. The molecule has 4 unspecified atom stereocenters. The zero-order valence-corrected chi connectivity index (χ0v) is 31.5. The number of thioether (sulfide) groups is 1. The predicted octanol–water partition coefficient (Wildman–Crippen LogP) is 6.02. The molecule has 1 aliphatic carbocycles. The molecule has 4 atom stereocenters. The molecule has 4 rings (SSSR count). The zero-order chi connectivity index (χ0) is 34.2. The summed E-state index contributed by atoms with van der Waals surface area (Å²) in [5.41, 5.74) is 0.332. The molecule has 1 spiro atoms. The van der Waals surface area contributed by atoms with Gasteiger partial charge in [0.2, 0.25) is 9.84 Å². The molecule has 1 saturated heterocycles. The van der Waals surface area contributed by atoms with E-state index in [-0.39, 0.29) is 35.5 Å². The van der Waals surface area contributed by atoms with Crippen LogP contribution in [-0.2, 0) is 14.7 Å². The Labute approximate surface area is 288 Å². The highest BCUT2D eigenvalue weighted by molar-refractivity contribution is 8.01. The van der Waals surface area contributed by atoms with Gasteiger partial charge in [0.25, 0.3) is 5.16 Å². The highest BCUT2D eigenvalue weighted by Gasteiger charge is 2.60. The van der Waals surface area contributed by atoms with Crippen molar-refractivity contribution >= 4 is 33.3 Å². The SMILES string of the molecule is CCCCCCCCCCCCS(=O)(=O)c1nc2n(n1)N=C(C(C)(C)C)C21SCCNC(=O)N1C1CCC(N(CC)CCO)CC1C. The molecule has 1 aromatic rings. The molecule has 11 nitrogen and oxygen atoms in total. The maximum atomic E-state index is 14.1. The summed E-state index contributed by atoms with van der Waals surface area (Å²) in [5, 5.41) is 22.0. The first-order chi connectivity index (χ1) is 22.4. The Morgan fingerprint density at radius 2 is 1.70 bits per heavy atom. The molecule has 2 amide bonds. The van der Waals surface area contributed by atoms with Gasteiger partial charge in [0.15, 0.2) is 10.7 Å². The molecule has 1 saturated carbocycles. The van der Waals surface area contributed by atoms with Crippen LogP contribution in [0.5, 0.6) is 0 Å². The standard InChI is InChI=1S/C34H61N7O4S2/c1-7-9-10-11-12-13-14-15-16-17-24-47(44,45)31-36-30-34(29(33(4,5)6)37-41(30)38-31)40(32(43)35-20-23-46-34)28-19-18-27(25-26(28)3)39(8-2)21-22-42/h26-28,42H,7-25H2,1-6H3,(H,35,43). The van der Waals surface area contributed by atoms with Crippen LogP contribution < -0.4 is 5.32 Å². The lowest BCUT2D eigenvalue weighted by Gasteiger charge is -2.50. The van der Waals surface area contributed by atoms with E-state index in [0.29, 0.717) is 37.1 Å². The van der Waals surface area contributed by atoms with Gasteiger partial charge in [0.05, 0.1) is 18.1 Å². The summed E-state index contributed by atoms with van der Waals surface area (Å²) in [6.07, 6.45) is 13.9. The lowest BCUT2D eigenvalue weighted by atomic mass is 9.78. The van der Waals surface area contributed by atoms with Crippen LogP contribution >= 0.6 is 11.8 Å². The molecule has 2 fully saturated rings. The molecule has 13 heteroatoms. The summed E-state index contributed by atoms with van der Waals surface area (Å²) in [5.74, 6) is 1.22. The molecular weight excluding hydrogens is 635 g/mol. The minimum Gasteiger partial charge on any atom is -0.395 e. The molecule has 2 aliphatic heterocycles. The second-order valence-corrected chi connectivity index (χ2v) is 18.1. The van der Waals surface area contributed by atoms with Crippen molar-refractivity contribution < 1.29 is 18.3 Å². The largest absolute Gasteiger partial charge is 0.395 e. The number of sulfone groups is 1. The van der Waals surface area contributed by atoms with Gasteiger partial charge >= 0.3 is 6.03 Å². The van der Waals surface area contributed by atoms with Crippen molar-refractivity contribution in [2.75, 3.05) is 37.7 Å². The summed E-state index contributed by atoms with van der Waals surface area (Å²) in [6.45, 7) is 14.9. The maximum Gasteiger partial charge on any atom is 0.319 e. The lowest BCUT2D eigenvalue weighted by molar-refractivity contribution is 0.0522. The molecule has 47 heavy (non-hydrogen) atoms. The first-order valence-corrected chi connectivity index (χ1v) is 20.9. The van der Waals surface area contributed by atoms with Crippen molar-refractivity contribution in [2.24, 2.45) is 16.4 Å². The number of nitrogens with zero attached hydrogens (tertiary/aromatic N) is 6. The van der Waals surface area contributed by atoms with Crippen LogP contribution in [0, 0.1) is 11.3 Å². The number of fused-ring (bicyclic) bond motifs is 2.